The molecule has 158 valence electrons. The Kier molecular flexibility index (Phi) is 10.3. The monoisotopic (exact) mass is 384 g/mol. The normalized spacial score (nSPS) is 22.8. The van der Waals surface area contributed by atoms with E-state index in [2.05, 4.69) is 47.8 Å². The van der Waals surface area contributed by atoms with Gasteiger partial charge >= 0.3 is 5.97 Å². The molecule has 1 N–H and O–H groups in total. The average Bonchev–Trinajstić information content (AvgIpc) is 2.62. The molecule has 1 aliphatic heterocycles. The summed E-state index contributed by atoms with van der Waals surface area (Å²) in [4.78, 5) is 30.1. The Labute approximate surface area is 165 Å². The highest BCUT2D eigenvalue weighted by Gasteiger charge is 2.40. The number of nitrogens with zero attached hydrogens (tertiary/aromatic N) is 3. The van der Waals surface area contributed by atoms with E-state index in [1.54, 1.807) is 0 Å². The van der Waals surface area contributed by atoms with Crippen LogP contribution in [0.15, 0.2) is 0 Å². The second kappa shape index (κ2) is 11.6. The molecule has 7 nitrogen and oxygen atoms in total. The van der Waals surface area contributed by atoms with Gasteiger partial charge in [-0.3, -0.25) is 19.4 Å². The molecule has 1 amide bonds. The molecule has 0 aromatic rings. The van der Waals surface area contributed by atoms with Gasteiger partial charge in [0.15, 0.2) is 0 Å². The van der Waals surface area contributed by atoms with Crippen LogP contribution < -0.4 is 5.32 Å². The summed E-state index contributed by atoms with van der Waals surface area (Å²) >= 11 is 0. The zero-order valence-electron chi connectivity index (χ0n) is 18.2. The Bertz CT molecular complexity index is 461. The van der Waals surface area contributed by atoms with Crippen molar-refractivity contribution in [3.63, 3.8) is 0 Å². The standard InChI is InChI=1S/C20H40N4O3/c1-7-11-24-14-13-22(4)15-20(24,8-10-21-16-25)9-12-23(5)18(17(2)3)19(26)27-6/h16-18H,7-15H2,1-6H3,(H,21,25). The minimum Gasteiger partial charge on any atom is -0.468 e. The summed E-state index contributed by atoms with van der Waals surface area (Å²) in [5.74, 6) is 0.0197. The van der Waals surface area contributed by atoms with Crippen molar-refractivity contribution in [1.29, 1.82) is 0 Å². The van der Waals surface area contributed by atoms with Crippen LogP contribution in [0.1, 0.15) is 40.0 Å². The topological polar surface area (TPSA) is 65.1 Å². The van der Waals surface area contributed by atoms with Crippen molar-refractivity contribution in [2.75, 3.05) is 60.5 Å². The first kappa shape index (κ1) is 23.9. The molecular weight excluding hydrogens is 344 g/mol. The van der Waals surface area contributed by atoms with Gasteiger partial charge in [0, 0.05) is 38.3 Å². The second-order valence-electron chi connectivity index (χ2n) is 8.21. The third-order valence-corrected chi connectivity index (χ3v) is 5.78. The van der Waals surface area contributed by atoms with E-state index in [-0.39, 0.29) is 23.5 Å². The lowest BCUT2D eigenvalue weighted by Crippen LogP contribution is -2.63. The molecule has 27 heavy (non-hydrogen) atoms. The summed E-state index contributed by atoms with van der Waals surface area (Å²) < 4.78 is 5.02. The molecule has 1 heterocycles. The molecule has 0 aromatic carbocycles. The van der Waals surface area contributed by atoms with Crippen molar-refractivity contribution in [3.05, 3.63) is 0 Å². The molecule has 2 unspecified atom stereocenters. The van der Waals surface area contributed by atoms with Crippen LogP contribution in [0.25, 0.3) is 0 Å². The number of carbonyl (C=O) groups is 2. The van der Waals surface area contributed by atoms with Gasteiger partial charge in [-0.25, -0.2) is 0 Å². The van der Waals surface area contributed by atoms with Gasteiger partial charge in [-0.15, -0.1) is 0 Å². The van der Waals surface area contributed by atoms with E-state index < -0.39 is 0 Å². The fraction of sp³-hybridized carbons (Fsp3) is 0.900. The third kappa shape index (κ3) is 6.73. The first-order valence-electron chi connectivity index (χ1n) is 10.2. The van der Waals surface area contributed by atoms with E-state index in [0.717, 1.165) is 58.4 Å². The maximum absolute atomic E-state index is 12.2. The molecule has 2 atom stereocenters. The smallest absolute Gasteiger partial charge is 0.323 e. The lowest BCUT2D eigenvalue weighted by atomic mass is 9.85. The summed E-state index contributed by atoms with van der Waals surface area (Å²) in [7, 11) is 5.63. The summed E-state index contributed by atoms with van der Waals surface area (Å²) in [6, 6.07) is -0.235. The fourth-order valence-electron chi connectivity index (χ4n) is 4.40. The number of amides is 1. The molecule has 0 aromatic heterocycles. The molecule has 1 fully saturated rings. The zero-order valence-corrected chi connectivity index (χ0v) is 18.2. The fourth-order valence-corrected chi connectivity index (χ4v) is 4.40. The Morgan fingerprint density at radius 3 is 2.59 bits per heavy atom. The Balaban J connectivity index is 2.94. The highest BCUT2D eigenvalue weighted by molar-refractivity contribution is 5.75. The average molecular weight is 385 g/mol. The van der Waals surface area contributed by atoms with Gasteiger partial charge in [-0.2, -0.15) is 0 Å². The predicted molar refractivity (Wildman–Crippen MR) is 109 cm³/mol. The first-order valence-corrected chi connectivity index (χ1v) is 10.2. The molecule has 0 spiro atoms. The van der Waals surface area contributed by atoms with Crippen LogP contribution in [0.3, 0.4) is 0 Å². The van der Waals surface area contributed by atoms with Crippen LogP contribution >= 0.6 is 0 Å². The van der Waals surface area contributed by atoms with E-state index >= 15 is 0 Å². The third-order valence-electron chi connectivity index (χ3n) is 5.78. The number of piperazine rings is 1. The van der Waals surface area contributed by atoms with Crippen LogP contribution in [0.5, 0.6) is 0 Å². The van der Waals surface area contributed by atoms with Gasteiger partial charge in [0.25, 0.3) is 0 Å². The number of nitrogens with one attached hydrogen (secondary N) is 1. The number of hydrogen-bond donors (Lipinski definition) is 1. The number of likely N-dealkylation sites (N-methyl/N-ethyl adjacent to an activating group) is 2. The van der Waals surface area contributed by atoms with Crippen molar-refractivity contribution in [3.8, 4) is 0 Å². The molecule has 1 rings (SSSR count). The van der Waals surface area contributed by atoms with E-state index in [1.807, 2.05) is 7.05 Å². The van der Waals surface area contributed by atoms with Gasteiger partial charge in [-0.1, -0.05) is 20.8 Å². The van der Waals surface area contributed by atoms with E-state index in [1.165, 1.54) is 7.11 Å². The quantitative estimate of drug-likeness (QED) is 0.308. The molecule has 1 saturated heterocycles. The van der Waals surface area contributed by atoms with E-state index in [9.17, 15) is 9.59 Å². The number of esters is 1. The summed E-state index contributed by atoms with van der Waals surface area (Å²) in [6.45, 7) is 12.0. The zero-order chi connectivity index (χ0) is 20.4. The van der Waals surface area contributed by atoms with Crippen molar-refractivity contribution in [1.82, 2.24) is 20.0 Å². The number of methoxy groups -OCH3 is 1. The van der Waals surface area contributed by atoms with Crippen molar-refractivity contribution >= 4 is 12.4 Å². The van der Waals surface area contributed by atoms with Gasteiger partial charge in [-0.05, 0) is 45.8 Å². The van der Waals surface area contributed by atoms with E-state index in [0.29, 0.717) is 6.54 Å². The molecular formula is C20H40N4O3. The summed E-state index contributed by atoms with van der Waals surface area (Å²) in [5.41, 5.74) is 0.00489. The Morgan fingerprint density at radius 1 is 1.33 bits per heavy atom. The highest BCUT2D eigenvalue weighted by Crippen LogP contribution is 2.29. The van der Waals surface area contributed by atoms with Crippen LogP contribution in [0, 0.1) is 5.92 Å². The predicted octanol–water partition coefficient (Wildman–Crippen LogP) is 1.04. The molecule has 1 aliphatic rings. The minimum absolute atomic E-state index is 0.00489. The maximum Gasteiger partial charge on any atom is 0.323 e. The number of carbonyl (C=O) groups excluding carboxylic acids is 2. The van der Waals surface area contributed by atoms with Gasteiger partial charge in [0.05, 0.1) is 7.11 Å². The summed E-state index contributed by atoms with van der Waals surface area (Å²) in [6.07, 6.45) is 3.75. The summed E-state index contributed by atoms with van der Waals surface area (Å²) in [5, 5.41) is 2.84. The van der Waals surface area contributed by atoms with E-state index in [4.69, 9.17) is 4.74 Å². The van der Waals surface area contributed by atoms with Crippen LogP contribution in [0.4, 0.5) is 0 Å². The lowest BCUT2D eigenvalue weighted by molar-refractivity contribution is -0.148. The Hall–Kier alpha value is -1.18. The highest BCUT2D eigenvalue weighted by atomic mass is 16.5. The number of ether oxygens (including phenoxy) is 1. The molecule has 0 bridgehead atoms. The number of hydrogen-bond acceptors (Lipinski definition) is 6. The van der Waals surface area contributed by atoms with Gasteiger partial charge in [0.2, 0.25) is 6.41 Å². The maximum atomic E-state index is 12.2. The number of rotatable bonds is 12. The van der Waals surface area contributed by atoms with Gasteiger partial charge in [0.1, 0.15) is 6.04 Å². The van der Waals surface area contributed by atoms with Crippen molar-refractivity contribution < 1.29 is 14.3 Å². The second-order valence-corrected chi connectivity index (χ2v) is 8.21. The molecule has 0 aliphatic carbocycles. The first-order chi connectivity index (χ1) is 12.8. The molecule has 7 heteroatoms. The van der Waals surface area contributed by atoms with Crippen LogP contribution in [-0.2, 0) is 14.3 Å². The van der Waals surface area contributed by atoms with Crippen molar-refractivity contribution in [2.24, 2.45) is 5.92 Å². The molecule has 0 saturated carbocycles. The molecule has 0 radical (unpaired) electrons. The lowest BCUT2D eigenvalue weighted by Gasteiger charge is -2.51. The SMILES string of the molecule is CCCN1CCN(C)CC1(CCNC=O)CCN(C)C(C(=O)OC)C(C)C. The van der Waals surface area contributed by atoms with Gasteiger partial charge < -0.3 is 15.0 Å². The van der Waals surface area contributed by atoms with Crippen LogP contribution in [-0.4, -0.2) is 99.1 Å². The van der Waals surface area contributed by atoms with Crippen molar-refractivity contribution in [2.45, 2.75) is 51.6 Å². The van der Waals surface area contributed by atoms with Crippen LogP contribution in [0.2, 0.25) is 0 Å². The minimum atomic E-state index is -0.235. The Morgan fingerprint density at radius 2 is 2.04 bits per heavy atom. The largest absolute Gasteiger partial charge is 0.468 e.